The minimum atomic E-state index is -1.55. The van der Waals surface area contributed by atoms with Crippen molar-refractivity contribution in [3.05, 3.63) is 18.2 Å². The molecule has 0 aliphatic rings. The largest absolute Gasteiger partial charge is 0.550 e. The van der Waals surface area contributed by atoms with Crippen LogP contribution in [0.1, 0.15) is 18.5 Å². The molecule has 0 unspecified atom stereocenters. The van der Waals surface area contributed by atoms with Crippen LogP contribution in [-0.4, -0.2) is 39.9 Å². The van der Waals surface area contributed by atoms with Crippen molar-refractivity contribution >= 4 is 17.8 Å². The lowest BCUT2D eigenvalue weighted by atomic mass is 10.1. The summed E-state index contributed by atoms with van der Waals surface area (Å²) >= 11 is 0. The number of aliphatic carboxylic acids is 2. The zero-order valence-corrected chi connectivity index (χ0v) is 10.6. The van der Waals surface area contributed by atoms with Crippen molar-refractivity contribution in [3.8, 4) is 0 Å². The Bertz CT molecular complexity index is 473. The van der Waals surface area contributed by atoms with Gasteiger partial charge in [0.1, 0.15) is 0 Å². The summed E-state index contributed by atoms with van der Waals surface area (Å²) in [4.78, 5) is 39.4. The Hall–Kier alpha value is -2.42. The lowest BCUT2D eigenvalue weighted by Gasteiger charge is -2.20. The molecule has 110 valence electrons. The number of nitrogens with one attached hydrogen (secondary N) is 2. The van der Waals surface area contributed by atoms with Crippen molar-refractivity contribution in [2.75, 3.05) is 0 Å². The van der Waals surface area contributed by atoms with E-state index < -0.39 is 36.4 Å². The summed E-state index contributed by atoms with van der Waals surface area (Å²) in [7, 11) is 0. The highest BCUT2D eigenvalue weighted by Crippen LogP contribution is 1.99. The van der Waals surface area contributed by atoms with Crippen LogP contribution in [-0.2, 0) is 20.8 Å². The minimum Gasteiger partial charge on any atom is -0.550 e. The highest BCUT2D eigenvalue weighted by atomic mass is 16.4. The molecule has 1 rings (SSSR count). The number of carbonyl (C=O) groups is 3. The number of amides is 1. The van der Waals surface area contributed by atoms with Gasteiger partial charge in [-0.05, 0) is 12.8 Å². The Morgan fingerprint density at radius 1 is 1.40 bits per heavy atom. The van der Waals surface area contributed by atoms with Gasteiger partial charge in [0.2, 0.25) is 0 Å². The molecule has 1 heterocycles. The van der Waals surface area contributed by atoms with Gasteiger partial charge >= 0.3 is 0 Å². The second kappa shape index (κ2) is 7.24. The van der Waals surface area contributed by atoms with Crippen molar-refractivity contribution in [1.29, 1.82) is 0 Å². The van der Waals surface area contributed by atoms with Gasteiger partial charge in [0.05, 0.1) is 24.8 Å². The lowest BCUT2D eigenvalue weighted by molar-refractivity contribution is -0.403. The molecular formula is C11H15N4O5-. The fourth-order valence-electron chi connectivity index (χ4n) is 1.56. The lowest BCUT2D eigenvalue weighted by Crippen LogP contribution is -2.70. The number of rotatable bonds is 8. The van der Waals surface area contributed by atoms with Gasteiger partial charge < -0.3 is 35.8 Å². The van der Waals surface area contributed by atoms with Gasteiger partial charge in [-0.1, -0.05) is 0 Å². The predicted molar refractivity (Wildman–Crippen MR) is 60.1 cm³/mol. The number of carbonyl (C=O) groups excluding carboxylic acids is 3. The molecule has 0 saturated carbocycles. The Morgan fingerprint density at radius 2 is 2.10 bits per heavy atom. The van der Waals surface area contributed by atoms with E-state index in [0.717, 1.165) is 0 Å². The number of carboxylic acids is 2. The van der Waals surface area contributed by atoms with Crippen molar-refractivity contribution in [2.45, 2.75) is 31.3 Å². The van der Waals surface area contributed by atoms with Crippen molar-refractivity contribution in [3.63, 3.8) is 0 Å². The average Bonchev–Trinajstić information content (AvgIpc) is 2.86. The molecule has 0 bridgehead atoms. The monoisotopic (exact) mass is 283 g/mol. The molecule has 9 heteroatoms. The first kappa shape index (κ1) is 15.6. The molecule has 0 aliphatic heterocycles. The summed E-state index contributed by atoms with van der Waals surface area (Å²) in [6.07, 6.45) is 2.45. The van der Waals surface area contributed by atoms with Crippen LogP contribution in [0.15, 0.2) is 12.5 Å². The number of carboxylic acid groups (broad SMARTS) is 2. The first-order valence-corrected chi connectivity index (χ1v) is 5.91. The maximum Gasteiger partial charge on any atom is 0.279 e. The van der Waals surface area contributed by atoms with Gasteiger partial charge in [-0.15, -0.1) is 0 Å². The molecule has 5 N–H and O–H groups in total. The molecule has 1 aromatic rings. The second-order valence-electron chi connectivity index (χ2n) is 4.27. The van der Waals surface area contributed by atoms with Crippen LogP contribution >= 0.6 is 0 Å². The van der Waals surface area contributed by atoms with Crippen molar-refractivity contribution in [2.24, 2.45) is 0 Å². The molecule has 9 nitrogen and oxygen atoms in total. The van der Waals surface area contributed by atoms with E-state index in [1.54, 1.807) is 0 Å². The van der Waals surface area contributed by atoms with Crippen LogP contribution in [0.25, 0.3) is 0 Å². The topological polar surface area (TPSA) is 166 Å². The smallest absolute Gasteiger partial charge is 0.279 e. The van der Waals surface area contributed by atoms with E-state index in [1.807, 2.05) is 0 Å². The van der Waals surface area contributed by atoms with Gasteiger partial charge in [0.25, 0.3) is 5.91 Å². The van der Waals surface area contributed by atoms with Crippen LogP contribution in [0.4, 0.5) is 0 Å². The molecule has 0 aliphatic carbocycles. The summed E-state index contributed by atoms with van der Waals surface area (Å²) in [5.74, 6) is -3.55. The molecule has 0 saturated heterocycles. The molecule has 0 spiro atoms. The zero-order chi connectivity index (χ0) is 15.1. The summed E-state index contributed by atoms with van der Waals surface area (Å²) in [6.45, 7) is 0. The Balaban J connectivity index is 2.52. The van der Waals surface area contributed by atoms with E-state index in [2.05, 4.69) is 21.0 Å². The summed E-state index contributed by atoms with van der Waals surface area (Å²) in [5, 5.41) is 23.3. The Labute approximate surface area is 114 Å². The Morgan fingerprint density at radius 3 is 2.60 bits per heavy atom. The maximum absolute atomic E-state index is 11.8. The second-order valence-corrected chi connectivity index (χ2v) is 4.27. The maximum atomic E-state index is 11.8. The van der Waals surface area contributed by atoms with E-state index >= 15 is 0 Å². The Kier molecular flexibility index (Phi) is 5.66. The minimum absolute atomic E-state index is 0.256. The van der Waals surface area contributed by atoms with Crippen LogP contribution in [0, 0.1) is 0 Å². The number of hydrogen-bond acceptors (Lipinski definition) is 6. The standard InChI is InChI=1S/C11H16N4O5/c12-7(3-6-4-13-5-14-6)10(18)15-8(11(19)20)1-2-9(16)17/h4-5,7-8H,1-3,12H2,(H,13,14)(H,15,18)(H,16,17)(H,19,20)/p-1/t7-,8-/m0/s1. The summed E-state index contributed by atoms with van der Waals surface area (Å²) in [6, 6.07) is -2.12. The van der Waals surface area contributed by atoms with Crippen LogP contribution in [0.3, 0.4) is 0 Å². The fourth-order valence-corrected chi connectivity index (χ4v) is 1.56. The number of H-pyrrole nitrogens is 1. The van der Waals surface area contributed by atoms with Crippen molar-refractivity contribution < 1.29 is 30.3 Å². The number of hydrogen-bond donors (Lipinski definition) is 3. The summed E-state index contributed by atoms with van der Waals surface area (Å²) in [5.41, 5.74) is 4.30. The molecule has 0 radical (unpaired) electrons. The van der Waals surface area contributed by atoms with Gasteiger partial charge in [-0.3, -0.25) is 4.79 Å². The van der Waals surface area contributed by atoms with Crippen LogP contribution < -0.4 is 21.3 Å². The zero-order valence-electron chi connectivity index (χ0n) is 10.6. The fraction of sp³-hybridized carbons (Fsp3) is 0.455. The van der Waals surface area contributed by atoms with E-state index in [-0.39, 0.29) is 12.8 Å². The SMILES string of the molecule is [NH3+][C@@H](Cc1cnc[nH]1)C(=O)N[C@@H](CCC(=O)[O-])C(=O)[O-]. The number of nitrogens with zero attached hydrogens (tertiary/aromatic N) is 1. The third-order valence-corrected chi connectivity index (χ3v) is 2.63. The first-order valence-electron chi connectivity index (χ1n) is 5.91. The molecule has 1 aromatic heterocycles. The van der Waals surface area contributed by atoms with E-state index in [9.17, 15) is 24.6 Å². The van der Waals surface area contributed by atoms with Gasteiger partial charge in [0.15, 0.2) is 6.04 Å². The van der Waals surface area contributed by atoms with Crippen LogP contribution in [0.2, 0.25) is 0 Å². The highest BCUT2D eigenvalue weighted by molar-refractivity contribution is 5.85. The number of imidazole rings is 1. The quantitative estimate of drug-likeness (QED) is 0.433. The van der Waals surface area contributed by atoms with Crippen LogP contribution in [0.5, 0.6) is 0 Å². The van der Waals surface area contributed by atoms with Gasteiger partial charge in [-0.25, -0.2) is 4.98 Å². The van der Waals surface area contributed by atoms with E-state index in [1.165, 1.54) is 12.5 Å². The molecule has 20 heavy (non-hydrogen) atoms. The van der Waals surface area contributed by atoms with E-state index in [4.69, 9.17) is 0 Å². The number of quaternary nitrogens is 1. The molecule has 1 amide bonds. The van der Waals surface area contributed by atoms with Crippen molar-refractivity contribution in [1.82, 2.24) is 15.3 Å². The predicted octanol–water partition coefficient (Wildman–Crippen LogP) is -4.67. The number of aromatic amines is 1. The normalized spacial score (nSPS) is 13.4. The molecular weight excluding hydrogens is 268 g/mol. The summed E-state index contributed by atoms with van der Waals surface area (Å²) < 4.78 is 0. The van der Waals surface area contributed by atoms with E-state index in [0.29, 0.717) is 5.69 Å². The molecule has 0 aromatic carbocycles. The third-order valence-electron chi connectivity index (χ3n) is 2.63. The van der Waals surface area contributed by atoms with Gasteiger partial charge in [0, 0.05) is 17.9 Å². The average molecular weight is 283 g/mol. The third kappa shape index (κ3) is 5.06. The number of aromatic nitrogens is 2. The molecule has 0 fully saturated rings. The molecule has 2 atom stereocenters. The highest BCUT2D eigenvalue weighted by Gasteiger charge is 2.22. The van der Waals surface area contributed by atoms with Gasteiger partial charge in [-0.2, -0.15) is 0 Å². The first-order chi connectivity index (χ1) is 9.40.